The molecule has 0 fully saturated rings. The number of hydrogen-bond acceptors (Lipinski definition) is 5. The van der Waals surface area contributed by atoms with Crippen molar-refractivity contribution in [3.8, 4) is 5.75 Å². The predicted molar refractivity (Wildman–Crippen MR) is 98.9 cm³/mol. The molecule has 5 nitrogen and oxygen atoms in total. The van der Waals surface area contributed by atoms with E-state index < -0.39 is 29.6 Å². The summed E-state index contributed by atoms with van der Waals surface area (Å²) >= 11 is 1.26. The topological polar surface area (TPSA) is 64.6 Å². The Labute approximate surface area is 160 Å². The highest BCUT2D eigenvalue weighted by molar-refractivity contribution is 8.00. The highest BCUT2D eigenvalue weighted by atomic mass is 32.2. The molecule has 1 N–H and O–H groups in total. The molecule has 0 unspecified atom stereocenters. The molecule has 2 aromatic rings. The Balaban J connectivity index is 1.79. The maximum atomic E-state index is 13.1. The summed E-state index contributed by atoms with van der Waals surface area (Å²) < 4.78 is 36.4. The molecule has 144 valence electrons. The summed E-state index contributed by atoms with van der Waals surface area (Å²) in [6.07, 6.45) is -1.08. The Morgan fingerprint density at radius 1 is 1.11 bits per heavy atom. The molecule has 8 heteroatoms. The van der Waals surface area contributed by atoms with E-state index in [1.807, 2.05) is 19.1 Å². The smallest absolute Gasteiger partial charge is 0.317 e. The van der Waals surface area contributed by atoms with Gasteiger partial charge in [-0.05, 0) is 50.2 Å². The molecule has 0 aliphatic rings. The number of halogens is 2. The van der Waals surface area contributed by atoms with Crippen molar-refractivity contribution in [3.63, 3.8) is 0 Å². The van der Waals surface area contributed by atoms with Crippen molar-refractivity contribution >= 4 is 29.3 Å². The first-order valence-corrected chi connectivity index (χ1v) is 9.18. The van der Waals surface area contributed by atoms with E-state index in [0.717, 1.165) is 22.8 Å². The van der Waals surface area contributed by atoms with E-state index in [9.17, 15) is 18.4 Å². The number of carbonyl (C=O) groups is 2. The Hall–Kier alpha value is -2.61. The van der Waals surface area contributed by atoms with E-state index in [-0.39, 0.29) is 11.4 Å². The van der Waals surface area contributed by atoms with Crippen LogP contribution in [0.15, 0.2) is 47.4 Å². The van der Waals surface area contributed by atoms with E-state index >= 15 is 0 Å². The lowest BCUT2D eigenvalue weighted by Crippen LogP contribution is -2.30. The van der Waals surface area contributed by atoms with E-state index in [1.54, 1.807) is 12.1 Å². The molecule has 0 aliphatic heterocycles. The third kappa shape index (κ3) is 6.56. The fourth-order valence-electron chi connectivity index (χ4n) is 2.04. The number of esters is 1. The van der Waals surface area contributed by atoms with Gasteiger partial charge in [-0.15, -0.1) is 11.8 Å². The minimum atomic E-state index is -1.08. The molecule has 0 aliphatic carbocycles. The number of thioether (sulfide) groups is 1. The van der Waals surface area contributed by atoms with Crippen molar-refractivity contribution < 1.29 is 27.8 Å². The highest BCUT2D eigenvalue weighted by Gasteiger charge is 2.18. The molecule has 0 radical (unpaired) electrons. The molecular formula is C19H19F2NO4S. The van der Waals surface area contributed by atoms with Crippen LogP contribution in [0.1, 0.15) is 13.8 Å². The van der Waals surface area contributed by atoms with Crippen molar-refractivity contribution in [2.75, 3.05) is 17.7 Å². The summed E-state index contributed by atoms with van der Waals surface area (Å²) in [7, 11) is 0. The average molecular weight is 395 g/mol. The summed E-state index contributed by atoms with van der Waals surface area (Å²) in [5.74, 6) is -2.53. The minimum Gasteiger partial charge on any atom is -0.494 e. The second kappa shape index (κ2) is 9.91. The first-order valence-electron chi connectivity index (χ1n) is 8.20. The van der Waals surface area contributed by atoms with Gasteiger partial charge in [0.25, 0.3) is 5.91 Å². The van der Waals surface area contributed by atoms with Crippen LogP contribution in [0.25, 0.3) is 0 Å². The van der Waals surface area contributed by atoms with E-state index in [4.69, 9.17) is 9.47 Å². The molecular weight excluding hydrogens is 376 g/mol. The van der Waals surface area contributed by atoms with Gasteiger partial charge in [-0.1, -0.05) is 0 Å². The molecule has 0 saturated carbocycles. The summed E-state index contributed by atoms with van der Waals surface area (Å²) in [6, 6.07) is 10.2. The fraction of sp³-hybridized carbons (Fsp3) is 0.263. The molecule has 0 spiro atoms. The lowest BCUT2D eigenvalue weighted by molar-refractivity contribution is -0.150. The molecule has 27 heavy (non-hydrogen) atoms. The number of amides is 1. The van der Waals surface area contributed by atoms with Crippen molar-refractivity contribution in [2.45, 2.75) is 24.8 Å². The number of nitrogens with one attached hydrogen (secondary N) is 1. The lowest BCUT2D eigenvalue weighted by Gasteiger charge is -2.13. The van der Waals surface area contributed by atoms with Crippen LogP contribution in [0.3, 0.4) is 0 Å². The van der Waals surface area contributed by atoms with Crippen LogP contribution in [0.5, 0.6) is 5.75 Å². The van der Waals surface area contributed by atoms with Crippen LogP contribution in [0.2, 0.25) is 0 Å². The zero-order valence-electron chi connectivity index (χ0n) is 14.8. The number of carbonyl (C=O) groups excluding carboxylic acids is 2. The molecule has 2 aromatic carbocycles. The number of anilines is 1. The van der Waals surface area contributed by atoms with Gasteiger partial charge in [0.2, 0.25) is 0 Å². The SMILES string of the molecule is CCOc1ccc(SCC(=O)O[C@H](C)C(=O)Nc2ccc(F)c(F)c2)cc1. The van der Waals surface area contributed by atoms with Crippen LogP contribution in [-0.2, 0) is 14.3 Å². The number of ether oxygens (including phenoxy) is 2. The van der Waals surface area contributed by atoms with Crippen molar-refractivity contribution in [3.05, 3.63) is 54.1 Å². The summed E-state index contributed by atoms with van der Waals surface area (Å²) in [6.45, 7) is 3.86. The van der Waals surface area contributed by atoms with Crippen molar-refractivity contribution in [1.82, 2.24) is 0 Å². The van der Waals surface area contributed by atoms with Gasteiger partial charge in [-0.2, -0.15) is 0 Å². The van der Waals surface area contributed by atoms with Gasteiger partial charge in [0.15, 0.2) is 17.7 Å². The summed E-state index contributed by atoms with van der Waals surface area (Å²) in [4.78, 5) is 24.7. The monoisotopic (exact) mass is 395 g/mol. The van der Waals surface area contributed by atoms with Crippen molar-refractivity contribution in [2.24, 2.45) is 0 Å². The van der Waals surface area contributed by atoms with Crippen LogP contribution in [-0.4, -0.2) is 30.3 Å². The van der Waals surface area contributed by atoms with Crippen LogP contribution in [0, 0.1) is 11.6 Å². The molecule has 0 heterocycles. The van der Waals surface area contributed by atoms with Gasteiger partial charge in [-0.25, -0.2) is 8.78 Å². The number of benzene rings is 2. The van der Waals surface area contributed by atoms with Gasteiger partial charge >= 0.3 is 5.97 Å². The fourth-order valence-corrected chi connectivity index (χ4v) is 2.72. The second-order valence-electron chi connectivity index (χ2n) is 5.44. The van der Waals surface area contributed by atoms with Crippen LogP contribution in [0.4, 0.5) is 14.5 Å². The molecule has 0 saturated heterocycles. The van der Waals surface area contributed by atoms with Gasteiger partial charge < -0.3 is 14.8 Å². The maximum Gasteiger partial charge on any atom is 0.317 e. The van der Waals surface area contributed by atoms with Gasteiger partial charge in [0.1, 0.15) is 5.75 Å². The third-order valence-corrected chi connectivity index (χ3v) is 4.34. The molecule has 2 rings (SSSR count). The quantitative estimate of drug-likeness (QED) is 0.540. The van der Waals surface area contributed by atoms with Gasteiger partial charge in [-0.3, -0.25) is 9.59 Å². The lowest BCUT2D eigenvalue weighted by atomic mass is 10.3. The minimum absolute atomic E-state index is 0.0246. The van der Waals surface area contributed by atoms with E-state index in [0.29, 0.717) is 6.61 Å². The van der Waals surface area contributed by atoms with E-state index in [2.05, 4.69) is 5.32 Å². The maximum absolute atomic E-state index is 13.1. The van der Waals surface area contributed by atoms with Gasteiger partial charge in [0.05, 0.1) is 12.4 Å². The van der Waals surface area contributed by atoms with Crippen LogP contribution >= 0.6 is 11.8 Å². The second-order valence-corrected chi connectivity index (χ2v) is 6.49. The largest absolute Gasteiger partial charge is 0.494 e. The normalized spacial score (nSPS) is 11.6. The molecule has 1 atom stereocenters. The molecule has 1 amide bonds. The standard InChI is InChI=1S/C19H19F2NO4S/c1-3-25-14-5-7-15(8-6-14)27-11-18(23)26-12(2)19(24)22-13-4-9-16(20)17(21)10-13/h4-10,12H,3,11H2,1-2H3,(H,22,24)/t12-/m1/s1. The zero-order valence-corrected chi connectivity index (χ0v) is 15.6. The summed E-state index contributed by atoms with van der Waals surface area (Å²) in [5, 5.41) is 2.36. The average Bonchev–Trinajstić information content (AvgIpc) is 2.64. The first-order chi connectivity index (χ1) is 12.9. The first kappa shape index (κ1) is 20.7. The van der Waals surface area contributed by atoms with E-state index in [1.165, 1.54) is 24.8 Å². The third-order valence-electron chi connectivity index (χ3n) is 3.36. The van der Waals surface area contributed by atoms with Crippen LogP contribution < -0.4 is 10.1 Å². The molecule has 0 bridgehead atoms. The molecule has 0 aromatic heterocycles. The predicted octanol–water partition coefficient (Wildman–Crippen LogP) is 4.03. The summed E-state index contributed by atoms with van der Waals surface area (Å²) in [5.41, 5.74) is 0.0746. The Kier molecular flexibility index (Phi) is 7.60. The zero-order chi connectivity index (χ0) is 19.8. The van der Waals surface area contributed by atoms with Crippen molar-refractivity contribution in [1.29, 1.82) is 0 Å². The number of hydrogen-bond donors (Lipinski definition) is 1. The highest BCUT2D eigenvalue weighted by Crippen LogP contribution is 2.22. The Bertz CT molecular complexity index is 799. The Morgan fingerprint density at radius 2 is 1.81 bits per heavy atom. The Morgan fingerprint density at radius 3 is 2.44 bits per heavy atom. The number of rotatable bonds is 8. The van der Waals surface area contributed by atoms with Gasteiger partial charge in [0, 0.05) is 16.6 Å².